The van der Waals surface area contributed by atoms with Crippen molar-refractivity contribution in [1.82, 2.24) is 0 Å². The first-order chi connectivity index (χ1) is 9.20. The molecule has 0 spiro atoms. The molecule has 3 heteroatoms. The fraction of sp³-hybridized carbons (Fsp3) is 0.250. The van der Waals surface area contributed by atoms with E-state index in [1.54, 1.807) is 0 Å². The highest BCUT2D eigenvalue weighted by Gasteiger charge is 2.13. The Morgan fingerprint density at radius 3 is 1.58 bits per heavy atom. The van der Waals surface area contributed by atoms with Crippen LogP contribution < -0.4 is 10.6 Å². The molecular weight excluding hydrogens is 294 g/mol. The molecule has 0 aliphatic rings. The van der Waals surface area contributed by atoms with Gasteiger partial charge in [0.05, 0.1) is 0 Å². The van der Waals surface area contributed by atoms with E-state index in [-0.39, 0.29) is 7.92 Å². The van der Waals surface area contributed by atoms with Crippen molar-refractivity contribution in [2.75, 3.05) is 6.16 Å². The lowest BCUT2D eigenvalue weighted by molar-refractivity contribution is 0.894. The van der Waals surface area contributed by atoms with Crippen molar-refractivity contribution in [2.45, 2.75) is 19.8 Å². The van der Waals surface area contributed by atoms with E-state index in [2.05, 4.69) is 31.2 Å². The van der Waals surface area contributed by atoms with Crippen molar-refractivity contribution in [3.63, 3.8) is 0 Å². The molecule has 2 rings (SSSR count). The maximum Gasteiger partial charge on any atom is 0.0406 e. The van der Waals surface area contributed by atoms with Gasteiger partial charge in [-0.3, -0.25) is 0 Å². The van der Waals surface area contributed by atoms with Crippen LogP contribution in [0.25, 0.3) is 0 Å². The number of unbranched alkanes of at least 4 members (excludes halogenated alkanes) is 1. The van der Waals surface area contributed by atoms with E-state index in [1.807, 2.05) is 24.3 Å². The molecule has 0 bridgehead atoms. The molecule has 0 aromatic heterocycles. The van der Waals surface area contributed by atoms with Gasteiger partial charge in [0, 0.05) is 10.0 Å². The zero-order valence-corrected chi connectivity index (χ0v) is 13.3. The fourth-order valence-corrected chi connectivity index (χ4v) is 4.68. The van der Waals surface area contributed by atoms with Crippen LogP contribution in [0.4, 0.5) is 0 Å². The van der Waals surface area contributed by atoms with Crippen molar-refractivity contribution in [2.24, 2.45) is 0 Å². The van der Waals surface area contributed by atoms with Crippen LogP contribution in [0.2, 0.25) is 10.0 Å². The summed E-state index contributed by atoms with van der Waals surface area (Å²) in [7, 11) is -0.299. The van der Waals surface area contributed by atoms with Gasteiger partial charge in [0.25, 0.3) is 0 Å². The van der Waals surface area contributed by atoms with E-state index < -0.39 is 0 Å². The molecule has 2 aromatic rings. The van der Waals surface area contributed by atoms with Gasteiger partial charge in [-0.2, -0.15) is 0 Å². The Kier molecular flexibility index (Phi) is 5.70. The summed E-state index contributed by atoms with van der Waals surface area (Å²) in [6, 6.07) is 16.5. The first-order valence-electron chi connectivity index (χ1n) is 6.49. The normalized spacial score (nSPS) is 10.9. The van der Waals surface area contributed by atoms with Crippen LogP contribution in [0.3, 0.4) is 0 Å². The van der Waals surface area contributed by atoms with Crippen molar-refractivity contribution in [3.8, 4) is 0 Å². The Morgan fingerprint density at radius 2 is 1.21 bits per heavy atom. The van der Waals surface area contributed by atoms with Crippen molar-refractivity contribution >= 4 is 41.7 Å². The van der Waals surface area contributed by atoms with Gasteiger partial charge in [0.15, 0.2) is 0 Å². The molecule has 100 valence electrons. The molecule has 0 heterocycles. The summed E-state index contributed by atoms with van der Waals surface area (Å²) in [4.78, 5) is 0. The third-order valence-corrected chi connectivity index (χ3v) is 6.12. The molecule has 0 fully saturated rings. The third-order valence-electron chi connectivity index (χ3n) is 3.01. The molecule has 0 aliphatic heterocycles. The minimum Gasteiger partial charge on any atom is -0.0843 e. The number of hydrogen-bond donors (Lipinski definition) is 0. The summed E-state index contributed by atoms with van der Waals surface area (Å²) in [5, 5.41) is 4.36. The van der Waals surface area contributed by atoms with E-state index in [0.29, 0.717) is 0 Å². The topological polar surface area (TPSA) is 0 Å². The maximum atomic E-state index is 5.98. The third kappa shape index (κ3) is 4.21. The van der Waals surface area contributed by atoms with Crippen LogP contribution in [0.1, 0.15) is 19.8 Å². The molecule has 0 amide bonds. The number of rotatable bonds is 5. The van der Waals surface area contributed by atoms with Crippen LogP contribution >= 0.6 is 31.1 Å². The predicted molar refractivity (Wildman–Crippen MR) is 88.9 cm³/mol. The second-order valence-electron chi connectivity index (χ2n) is 4.46. The molecular formula is C16H17Cl2P. The van der Waals surface area contributed by atoms with E-state index in [0.717, 1.165) is 10.0 Å². The van der Waals surface area contributed by atoms with Gasteiger partial charge in [-0.1, -0.05) is 60.8 Å². The fourth-order valence-electron chi connectivity index (χ4n) is 1.97. The number of benzene rings is 2. The van der Waals surface area contributed by atoms with Gasteiger partial charge in [-0.05, 0) is 55.4 Å². The standard InChI is InChI=1S/C16H17Cl2P/c1-2-3-12-19(15-8-4-13(17)5-9-15)16-10-6-14(18)7-11-16/h4-11H,2-3,12H2,1H3. The molecule has 0 unspecified atom stereocenters. The quantitative estimate of drug-likeness (QED) is 0.664. The Bertz CT molecular complexity index is 460. The molecule has 0 aliphatic carbocycles. The minimum atomic E-state index is -0.299. The van der Waals surface area contributed by atoms with Gasteiger partial charge in [-0.25, -0.2) is 0 Å². The Balaban J connectivity index is 2.29. The lowest BCUT2D eigenvalue weighted by Crippen LogP contribution is -2.13. The average Bonchev–Trinajstić information content (AvgIpc) is 2.43. The molecule has 0 nitrogen and oxygen atoms in total. The van der Waals surface area contributed by atoms with Crippen LogP contribution in [0, 0.1) is 0 Å². The summed E-state index contributed by atoms with van der Waals surface area (Å²) in [5.74, 6) is 0. The summed E-state index contributed by atoms with van der Waals surface area (Å²) in [6.45, 7) is 2.23. The van der Waals surface area contributed by atoms with Crippen LogP contribution in [0.15, 0.2) is 48.5 Å². The Hall–Kier alpha value is -0.550. The van der Waals surface area contributed by atoms with Crippen LogP contribution in [0.5, 0.6) is 0 Å². The van der Waals surface area contributed by atoms with Gasteiger partial charge in [-0.15, -0.1) is 0 Å². The lowest BCUT2D eigenvalue weighted by Gasteiger charge is -2.18. The summed E-state index contributed by atoms with van der Waals surface area (Å²) in [6.07, 6.45) is 3.69. The molecule has 0 radical (unpaired) electrons. The largest absolute Gasteiger partial charge is 0.0843 e. The lowest BCUT2D eigenvalue weighted by atomic mass is 10.4. The smallest absolute Gasteiger partial charge is 0.0406 e. The van der Waals surface area contributed by atoms with Gasteiger partial charge < -0.3 is 0 Å². The van der Waals surface area contributed by atoms with Crippen molar-refractivity contribution < 1.29 is 0 Å². The van der Waals surface area contributed by atoms with E-state index >= 15 is 0 Å². The molecule has 0 saturated heterocycles. The van der Waals surface area contributed by atoms with Gasteiger partial charge >= 0.3 is 0 Å². The second kappa shape index (κ2) is 7.29. The summed E-state index contributed by atoms with van der Waals surface area (Å²) < 4.78 is 0. The average molecular weight is 311 g/mol. The molecule has 0 saturated carbocycles. The van der Waals surface area contributed by atoms with Crippen LogP contribution in [-0.4, -0.2) is 6.16 Å². The second-order valence-corrected chi connectivity index (χ2v) is 7.67. The molecule has 2 aromatic carbocycles. The predicted octanol–water partition coefficient (Wildman–Crippen LogP) is 5.23. The van der Waals surface area contributed by atoms with Gasteiger partial charge in [0.2, 0.25) is 0 Å². The number of halogens is 2. The highest BCUT2D eigenvalue weighted by Crippen LogP contribution is 2.35. The van der Waals surface area contributed by atoms with Crippen LogP contribution in [-0.2, 0) is 0 Å². The molecule has 0 N–H and O–H groups in total. The maximum absolute atomic E-state index is 5.98. The molecule has 0 atom stereocenters. The molecule has 19 heavy (non-hydrogen) atoms. The zero-order chi connectivity index (χ0) is 13.7. The first-order valence-corrected chi connectivity index (χ1v) is 8.77. The minimum absolute atomic E-state index is 0.299. The van der Waals surface area contributed by atoms with E-state index in [1.165, 1.54) is 29.6 Å². The number of hydrogen-bond acceptors (Lipinski definition) is 0. The van der Waals surface area contributed by atoms with E-state index in [9.17, 15) is 0 Å². The summed E-state index contributed by atoms with van der Waals surface area (Å²) in [5.41, 5.74) is 0. The van der Waals surface area contributed by atoms with Crippen molar-refractivity contribution in [3.05, 3.63) is 58.6 Å². The van der Waals surface area contributed by atoms with Gasteiger partial charge in [0.1, 0.15) is 0 Å². The van der Waals surface area contributed by atoms with Crippen molar-refractivity contribution in [1.29, 1.82) is 0 Å². The summed E-state index contributed by atoms with van der Waals surface area (Å²) >= 11 is 12.0. The SMILES string of the molecule is CCCCP(c1ccc(Cl)cc1)c1ccc(Cl)cc1. The Labute approximate surface area is 126 Å². The highest BCUT2D eigenvalue weighted by molar-refractivity contribution is 7.73. The monoisotopic (exact) mass is 310 g/mol. The highest BCUT2D eigenvalue weighted by atomic mass is 35.5. The zero-order valence-electron chi connectivity index (χ0n) is 10.9. The van der Waals surface area contributed by atoms with E-state index in [4.69, 9.17) is 23.2 Å². The Morgan fingerprint density at radius 1 is 0.789 bits per heavy atom. The first kappa shape index (κ1) is 14.9.